The van der Waals surface area contributed by atoms with Gasteiger partial charge in [-0.05, 0) is 42.8 Å². The van der Waals surface area contributed by atoms with Crippen LogP contribution in [0.2, 0.25) is 5.02 Å². The molecule has 0 aliphatic carbocycles. The van der Waals surface area contributed by atoms with Gasteiger partial charge in [0.1, 0.15) is 0 Å². The number of carbonyl (C=O) groups excluding carboxylic acids is 2. The molecule has 0 radical (unpaired) electrons. The number of hydrogen-bond donors (Lipinski definition) is 2. The highest BCUT2D eigenvalue weighted by atomic mass is 35.5. The van der Waals surface area contributed by atoms with E-state index in [4.69, 9.17) is 11.6 Å². The van der Waals surface area contributed by atoms with Crippen molar-refractivity contribution in [1.29, 1.82) is 0 Å². The Bertz CT molecular complexity index is 918. The van der Waals surface area contributed by atoms with Crippen molar-refractivity contribution in [3.63, 3.8) is 0 Å². The van der Waals surface area contributed by atoms with Crippen LogP contribution in [0.15, 0.2) is 41.3 Å². The van der Waals surface area contributed by atoms with Gasteiger partial charge in [-0.2, -0.15) is 13.2 Å². The van der Waals surface area contributed by atoms with E-state index in [1.54, 1.807) is 18.2 Å². The number of rotatable bonds is 3. The lowest BCUT2D eigenvalue weighted by atomic mass is 10.1. The van der Waals surface area contributed by atoms with E-state index in [-0.39, 0.29) is 12.1 Å². The second kappa shape index (κ2) is 7.44. The molecule has 2 amide bonds. The van der Waals surface area contributed by atoms with Gasteiger partial charge in [0.05, 0.1) is 16.5 Å². The van der Waals surface area contributed by atoms with Crippen LogP contribution in [0.5, 0.6) is 0 Å². The average molecular weight is 415 g/mol. The standard InChI is InChI=1S/C18H14ClF3N2O2S/c1-9-2-4-11(7-12(9)19)23-16(25)8-15-17(26)24-13-6-10(18(20,21)22)3-5-14(13)27-15/h2-7,15H,8H2,1H3,(H,23,25)(H,24,26)/t15-/m1/s1. The van der Waals surface area contributed by atoms with Gasteiger partial charge in [-0.3, -0.25) is 9.59 Å². The molecule has 2 N–H and O–H groups in total. The number of amides is 2. The van der Waals surface area contributed by atoms with Crippen LogP contribution in [-0.2, 0) is 15.8 Å². The zero-order valence-electron chi connectivity index (χ0n) is 14.0. The summed E-state index contributed by atoms with van der Waals surface area (Å²) in [4.78, 5) is 24.9. The van der Waals surface area contributed by atoms with Crippen LogP contribution in [0.4, 0.5) is 24.5 Å². The lowest BCUT2D eigenvalue weighted by Gasteiger charge is -2.24. The van der Waals surface area contributed by atoms with Gasteiger partial charge in [-0.25, -0.2) is 0 Å². The number of thioether (sulfide) groups is 1. The van der Waals surface area contributed by atoms with Crippen LogP contribution in [0.25, 0.3) is 0 Å². The van der Waals surface area contributed by atoms with Gasteiger partial charge in [0.2, 0.25) is 11.8 Å². The van der Waals surface area contributed by atoms with Crippen molar-refractivity contribution in [2.24, 2.45) is 0 Å². The maximum atomic E-state index is 12.8. The molecule has 1 aliphatic heterocycles. The van der Waals surface area contributed by atoms with Crippen molar-refractivity contribution in [2.75, 3.05) is 10.6 Å². The van der Waals surface area contributed by atoms with Crippen molar-refractivity contribution in [2.45, 2.75) is 29.7 Å². The number of carbonyl (C=O) groups is 2. The Morgan fingerprint density at radius 1 is 1.26 bits per heavy atom. The van der Waals surface area contributed by atoms with Crippen molar-refractivity contribution in [1.82, 2.24) is 0 Å². The summed E-state index contributed by atoms with van der Waals surface area (Å²) in [5.74, 6) is -0.901. The highest BCUT2D eigenvalue weighted by Gasteiger charge is 2.34. The summed E-state index contributed by atoms with van der Waals surface area (Å²) in [6.07, 6.45) is -4.61. The van der Waals surface area contributed by atoms with Crippen LogP contribution in [0, 0.1) is 6.92 Å². The lowest BCUT2D eigenvalue weighted by molar-refractivity contribution is -0.137. The molecule has 0 aromatic heterocycles. The Hall–Kier alpha value is -2.19. The number of fused-ring (bicyclic) bond motifs is 1. The van der Waals surface area contributed by atoms with E-state index in [1.165, 1.54) is 6.07 Å². The number of halogens is 4. The molecule has 1 atom stereocenters. The largest absolute Gasteiger partial charge is 0.416 e. The Morgan fingerprint density at radius 2 is 2.00 bits per heavy atom. The molecule has 27 heavy (non-hydrogen) atoms. The number of benzene rings is 2. The highest BCUT2D eigenvalue weighted by Crippen LogP contribution is 2.40. The Kier molecular flexibility index (Phi) is 5.39. The molecule has 1 heterocycles. The molecule has 2 aromatic rings. The fourth-order valence-corrected chi connectivity index (χ4v) is 3.78. The zero-order chi connectivity index (χ0) is 19.8. The number of hydrogen-bond acceptors (Lipinski definition) is 3. The second-order valence-electron chi connectivity index (χ2n) is 6.02. The topological polar surface area (TPSA) is 58.2 Å². The minimum absolute atomic E-state index is 0.0989. The van der Waals surface area contributed by atoms with Gasteiger partial charge in [0, 0.05) is 22.0 Å². The first kappa shape index (κ1) is 19.6. The summed E-state index contributed by atoms with van der Waals surface area (Å²) in [5, 5.41) is 4.88. The molecule has 3 rings (SSSR count). The molecular formula is C18H14ClF3N2O2S. The third-order valence-corrected chi connectivity index (χ3v) is 5.64. The maximum Gasteiger partial charge on any atom is 0.416 e. The minimum Gasteiger partial charge on any atom is -0.326 e. The van der Waals surface area contributed by atoms with Crippen molar-refractivity contribution in [3.05, 3.63) is 52.5 Å². The molecule has 1 aliphatic rings. The first-order valence-corrected chi connectivity index (χ1v) is 9.14. The monoisotopic (exact) mass is 414 g/mol. The molecule has 0 unspecified atom stereocenters. The minimum atomic E-state index is -4.49. The lowest BCUT2D eigenvalue weighted by Crippen LogP contribution is -2.32. The summed E-state index contributed by atoms with van der Waals surface area (Å²) in [5.41, 5.74) is 0.634. The van der Waals surface area contributed by atoms with E-state index in [0.717, 1.165) is 29.5 Å². The molecule has 0 bridgehead atoms. The summed E-state index contributed by atoms with van der Waals surface area (Å²) < 4.78 is 38.3. The van der Waals surface area contributed by atoms with Crippen LogP contribution < -0.4 is 10.6 Å². The van der Waals surface area contributed by atoms with Crippen LogP contribution in [-0.4, -0.2) is 17.1 Å². The summed E-state index contributed by atoms with van der Waals surface area (Å²) in [6, 6.07) is 8.21. The number of aryl methyl sites for hydroxylation is 1. The predicted molar refractivity (Wildman–Crippen MR) is 99.2 cm³/mol. The average Bonchev–Trinajstić information content (AvgIpc) is 2.57. The van der Waals surface area contributed by atoms with E-state index in [1.807, 2.05) is 6.92 Å². The molecule has 0 saturated heterocycles. The molecule has 9 heteroatoms. The zero-order valence-corrected chi connectivity index (χ0v) is 15.6. The Balaban J connectivity index is 1.69. The molecule has 2 aromatic carbocycles. The quantitative estimate of drug-likeness (QED) is 0.733. The first-order valence-electron chi connectivity index (χ1n) is 7.88. The molecule has 0 fully saturated rings. The molecule has 4 nitrogen and oxygen atoms in total. The fraction of sp³-hybridized carbons (Fsp3) is 0.222. The SMILES string of the molecule is Cc1ccc(NC(=O)C[C@H]2Sc3ccc(C(F)(F)F)cc3NC2=O)cc1Cl. The van der Waals surface area contributed by atoms with Crippen molar-refractivity contribution in [3.8, 4) is 0 Å². The maximum absolute atomic E-state index is 12.8. The van der Waals surface area contributed by atoms with E-state index in [0.29, 0.717) is 15.6 Å². The highest BCUT2D eigenvalue weighted by molar-refractivity contribution is 8.01. The van der Waals surface area contributed by atoms with Gasteiger partial charge < -0.3 is 10.6 Å². The third-order valence-electron chi connectivity index (χ3n) is 3.95. The van der Waals surface area contributed by atoms with Gasteiger partial charge in [0.15, 0.2) is 0 Å². The van der Waals surface area contributed by atoms with Gasteiger partial charge >= 0.3 is 6.18 Å². The van der Waals surface area contributed by atoms with Gasteiger partial charge in [-0.1, -0.05) is 17.7 Å². The molecular weight excluding hydrogens is 401 g/mol. The van der Waals surface area contributed by atoms with Crippen LogP contribution >= 0.6 is 23.4 Å². The van der Waals surface area contributed by atoms with Gasteiger partial charge in [-0.15, -0.1) is 11.8 Å². The molecule has 142 valence electrons. The second-order valence-corrected chi connectivity index (χ2v) is 7.67. The summed E-state index contributed by atoms with van der Waals surface area (Å²) >= 11 is 7.08. The van der Waals surface area contributed by atoms with E-state index < -0.39 is 28.8 Å². The normalized spacial score (nSPS) is 16.5. The van der Waals surface area contributed by atoms with Gasteiger partial charge in [0.25, 0.3) is 0 Å². The van der Waals surface area contributed by atoms with E-state index >= 15 is 0 Å². The number of alkyl halides is 3. The Morgan fingerprint density at radius 3 is 2.67 bits per heavy atom. The third kappa shape index (κ3) is 4.56. The van der Waals surface area contributed by atoms with E-state index in [2.05, 4.69) is 10.6 Å². The Labute approximate surface area is 162 Å². The predicted octanol–water partition coefficient (Wildman–Crippen LogP) is 5.11. The molecule has 0 spiro atoms. The van der Waals surface area contributed by atoms with Crippen molar-refractivity contribution >= 4 is 46.6 Å². The van der Waals surface area contributed by atoms with Crippen LogP contribution in [0.1, 0.15) is 17.5 Å². The van der Waals surface area contributed by atoms with Crippen LogP contribution in [0.3, 0.4) is 0 Å². The first-order chi connectivity index (χ1) is 12.6. The smallest absolute Gasteiger partial charge is 0.326 e. The summed E-state index contributed by atoms with van der Waals surface area (Å²) in [6.45, 7) is 1.83. The fourth-order valence-electron chi connectivity index (χ4n) is 2.51. The summed E-state index contributed by atoms with van der Waals surface area (Å²) in [7, 11) is 0. The number of nitrogens with one attached hydrogen (secondary N) is 2. The van der Waals surface area contributed by atoms with E-state index in [9.17, 15) is 22.8 Å². The number of anilines is 2. The molecule has 0 saturated carbocycles. The van der Waals surface area contributed by atoms with Crippen molar-refractivity contribution < 1.29 is 22.8 Å².